The Morgan fingerprint density at radius 1 is 0.968 bits per heavy atom. The van der Waals surface area contributed by atoms with Crippen LogP contribution >= 0.6 is 0 Å². The molecule has 0 radical (unpaired) electrons. The molecule has 0 fully saturated rings. The van der Waals surface area contributed by atoms with Gasteiger partial charge in [-0.3, -0.25) is 14.4 Å². The van der Waals surface area contributed by atoms with Crippen LogP contribution in [0, 0.1) is 0 Å². The molecule has 0 aliphatic carbocycles. The average molecular weight is 415 g/mol. The molecule has 0 unspecified atom stereocenters. The fraction of sp³-hybridized carbons (Fsp3) is 0.130. The van der Waals surface area contributed by atoms with Crippen molar-refractivity contribution in [2.24, 2.45) is 0 Å². The molecule has 0 bridgehead atoms. The SMILES string of the molecule is C=C1c2ccccc2C(=O)N1CCC(=O)NCC(=O)Nc1ccc(-n2cccn2)cc1. The third-order valence-electron chi connectivity index (χ3n) is 4.97. The van der Waals surface area contributed by atoms with Gasteiger partial charge in [-0.1, -0.05) is 24.8 Å². The second kappa shape index (κ2) is 8.66. The van der Waals surface area contributed by atoms with Gasteiger partial charge >= 0.3 is 0 Å². The predicted octanol–water partition coefficient (Wildman–Crippen LogP) is 2.44. The van der Waals surface area contributed by atoms with Crippen molar-refractivity contribution in [3.8, 4) is 5.69 Å². The van der Waals surface area contributed by atoms with Crippen LogP contribution in [0.3, 0.4) is 0 Å². The maximum Gasteiger partial charge on any atom is 0.258 e. The van der Waals surface area contributed by atoms with Gasteiger partial charge in [0.25, 0.3) is 5.91 Å². The quantitative estimate of drug-likeness (QED) is 0.620. The van der Waals surface area contributed by atoms with Crippen molar-refractivity contribution in [1.29, 1.82) is 0 Å². The van der Waals surface area contributed by atoms with Gasteiger partial charge in [0.15, 0.2) is 0 Å². The highest BCUT2D eigenvalue weighted by atomic mass is 16.2. The van der Waals surface area contributed by atoms with Gasteiger partial charge in [-0.2, -0.15) is 5.10 Å². The van der Waals surface area contributed by atoms with E-state index in [1.165, 1.54) is 4.90 Å². The van der Waals surface area contributed by atoms with Crippen molar-refractivity contribution in [3.05, 3.63) is 84.7 Å². The monoisotopic (exact) mass is 415 g/mol. The largest absolute Gasteiger partial charge is 0.347 e. The molecule has 2 heterocycles. The number of amides is 3. The van der Waals surface area contributed by atoms with E-state index in [4.69, 9.17) is 0 Å². The predicted molar refractivity (Wildman–Crippen MR) is 116 cm³/mol. The van der Waals surface area contributed by atoms with Crippen LogP contribution in [0.2, 0.25) is 0 Å². The van der Waals surface area contributed by atoms with E-state index in [-0.39, 0.29) is 37.2 Å². The highest BCUT2D eigenvalue weighted by molar-refractivity contribution is 6.09. The zero-order valence-electron chi connectivity index (χ0n) is 16.7. The Labute approximate surface area is 179 Å². The maximum atomic E-state index is 12.5. The summed E-state index contributed by atoms with van der Waals surface area (Å²) in [6.45, 7) is 4.00. The van der Waals surface area contributed by atoms with Gasteiger partial charge in [0.1, 0.15) is 0 Å². The molecule has 31 heavy (non-hydrogen) atoms. The van der Waals surface area contributed by atoms with Crippen LogP contribution in [0.25, 0.3) is 11.4 Å². The first kappa shape index (κ1) is 20.1. The number of hydrogen-bond acceptors (Lipinski definition) is 4. The molecule has 1 aliphatic heterocycles. The summed E-state index contributed by atoms with van der Waals surface area (Å²) in [6.07, 6.45) is 3.59. The molecule has 3 amide bonds. The molecule has 3 aromatic rings. The molecule has 4 rings (SSSR count). The Hall–Kier alpha value is -4.20. The van der Waals surface area contributed by atoms with Gasteiger partial charge in [-0.25, -0.2) is 4.68 Å². The van der Waals surface area contributed by atoms with Crippen molar-refractivity contribution < 1.29 is 14.4 Å². The van der Waals surface area contributed by atoms with Crippen LogP contribution in [-0.2, 0) is 9.59 Å². The molecule has 0 saturated heterocycles. The zero-order chi connectivity index (χ0) is 21.8. The van der Waals surface area contributed by atoms with Crippen LogP contribution in [0.15, 0.2) is 73.6 Å². The van der Waals surface area contributed by atoms with Gasteiger partial charge in [-0.05, 0) is 36.4 Å². The minimum absolute atomic E-state index is 0.0740. The molecular formula is C23H21N5O3. The maximum absolute atomic E-state index is 12.5. The summed E-state index contributed by atoms with van der Waals surface area (Å²) in [5.41, 5.74) is 3.45. The van der Waals surface area contributed by atoms with Crippen LogP contribution in [0.1, 0.15) is 22.3 Å². The van der Waals surface area contributed by atoms with E-state index >= 15 is 0 Å². The second-order valence-corrected chi connectivity index (χ2v) is 7.02. The number of benzene rings is 2. The first-order valence-electron chi connectivity index (χ1n) is 9.80. The fourth-order valence-corrected chi connectivity index (χ4v) is 3.38. The number of anilines is 1. The molecule has 8 nitrogen and oxygen atoms in total. The van der Waals surface area contributed by atoms with Crippen LogP contribution in [0.5, 0.6) is 0 Å². The number of carbonyl (C=O) groups is 3. The Bertz CT molecular complexity index is 1100. The summed E-state index contributed by atoms with van der Waals surface area (Å²) in [6, 6.07) is 16.2. The van der Waals surface area contributed by atoms with Crippen LogP contribution < -0.4 is 10.6 Å². The van der Waals surface area contributed by atoms with Crippen LogP contribution in [-0.4, -0.2) is 45.5 Å². The molecule has 156 valence electrons. The van der Waals surface area contributed by atoms with Gasteiger partial charge < -0.3 is 15.5 Å². The minimum Gasteiger partial charge on any atom is -0.347 e. The third kappa shape index (κ3) is 4.37. The second-order valence-electron chi connectivity index (χ2n) is 7.02. The number of rotatable bonds is 7. The van der Waals surface area contributed by atoms with E-state index in [0.29, 0.717) is 16.9 Å². The topological polar surface area (TPSA) is 96.3 Å². The summed E-state index contributed by atoms with van der Waals surface area (Å²) in [5, 5.41) is 9.45. The van der Waals surface area contributed by atoms with Crippen molar-refractivity contribution in [1.82, 2.24) is 20.0 Å². The average Bonchev–Trinajstić information content (AvgIpc) is 3.40. The van der Waals surface area contributed by atoms with E-state index in [2.05, 4.69) is 22.3 Å². The number of hydrogen-bond donors (Lipinski definition) is 2. The highest BCUT2D eigenvalue weighted by Gasteiger charge is 2.30. The van der Waals surface area contributed by atoms with Crippen molar-refractivity contribution in [2.75, 3.05) is 18.4 Å². The van der Waals surface area contributed by atoms with E-state index in [9.17, 15) is 14.4 Å². The fourth-order valence-electron chi connectivity index (χ4n) is 3.38. The zero-order valence-corrected chi connectivity index (χ0v) is 16.7. The number of fused-ring (bicyclic) bond motifs is 1. The summed E-state index contributed by atoms with van der Waals surface area (Å²) in [7, 11) is 0. The molecule has 2 aromatic carbocycles. The van der Waals surface area contributed by atoms with E-state index in [0.717, 1.165) is 11.3 Å². The molecule has 8 heteroatoms. The van der Waals surface area contributed by atoms with Crippen molar-refractivity contribution in [2.45, 2.75) is 6.42 Å². The summed E-state index contributed by atoms with van der Waals surface area (Å²) >= 11 is 0. The van der Waals surface area contributed by atoms with Crippen molar-refractivity contribution >= 4 is 29.1 Å². The molecule has 0 saturated carbocycles. The number of carbonyl (C=O) groups excluding carboxylic acids is 3. The summed E-state index contributed by atoms with van der Waals surface area (Å²) in [5.74, 6) is -0.820. The lowest BCUT2D eigenvalue weighted by Crippen LogP contribution is -2.35. The Kier molecular flexibility index (Phi) is 5.61. The molecule has 1 aromatic heterocycles. The molecule has 0 atom stereocenters. The third-order valence-corrected chi connectivity index (χ3v) is 4.97. The number of nitrogens with one attached hydrogen (secondary N) is 2. The first-order chi connectivity index (χ1) is 15.0. The highest BCUT2D eigenvalue weighted by Crippen LogP contribution is 2.30. The lowest BCUT2D eigenvalue weighted by molar-refractivity contribution is -0.124. The van der Waals surface area contributed by atoms with Crippen LogP contribution in [0.4, 0.5) is 5.69 Å². The minimum atomic E-state index is -0.339. The van der Waals surface area contributed by atoms with Crippen molar-refractivity contribution in [3.63, 3.8) is 0 Å². The van der Waals surface area contributed by atoms with E-state index in [1.54, 1.807) is 35.1 Å². The molecule has 0 spiro atoms. The Morgan fingerprint density at radius 3 is 2.39 bits per heavy atom. The molecule has 2 N–H and O–H groups in total. The lowest BCUT2D eigenvalue weighted by atomic mass is 10.1. The van der Waals surface area contributed by atoms with E-state index < -0.39 is 0 Å². The standard InChI is InChI=1S/C23H21N5O3/c1-16-19-5-2-3-6-20(19)23(31)27(16)14-11-21(29)24-15-22(30)26-17-7-9-18(10-8-17)28-13-4-12-25-28/h2-10,12-13H,1,11,14-15H2,(H,24,29)(H,26,30). The summed E-state index contributed by atoms with van der Waals surface area (Å²) < 4.78 is 1.71. The van der Waals surface area contributed by atoms with Gasteiger partial charge in [0.05, 0.1) is 12.2 Å². The van der Waals surface area contributed by atoms with Gasteiger partial charge in [0, 0.05) is 47.9 Å². The molecule has 1 aliphatic rings. The Balaban J connectivity index is 1.22. The van der Waals surface area contributed by atoms with Gasteiger partial charge in [0.2, 0.25) is 11.8 Å². The van der Waals surface area contributed by atoms with Gasteiger partial charge in [-0.15, -0.1) is 0 Å². The Morgan fingerprint density at radius 2 is 1.71 bits per heavy atom. The summed E-state index contributed by atoms with van der Waals surface area (Å²) in [4.78, 5) is 38.2. The molecular weight excluding hydrogens is 394 g/mol. The van der Waals surface area contributed by atoms with E-state index in [1.807, 2.05) is 36.5 Å². The lowest BCUT2D eigenvalue weighted by Gasteiger charge is -2.17. The normalized spacial score (nSPS) is 12.6. The smallest absolute Gasteiger partial charge is 0.258 e. The first-order valence-corrected chi connectivity index (χ1v) is 9.80. The number of nitrogens with zero attached hydrogens (tertiary/aromatic N) is 3. The number of aromatic nitrogens is 2.